The average molecular weight is 299 g/mol. The number of benzene rings is 1. The topological polar surface area (TPSA) is 40.5 Å². The van der Waals surface area contributed by atoms with E-state index in [1.165, 1.54) is 11.3 Å². The molecule has 1 aromatic heterocycles. The Hall–Kier alpha value is -2.09. The van der Waals surface area contributed by atoms with Crippen molar-refractivity contribution in [3.63, 3.8) is 0 Å². The van der Waals surface area contributed by atoms with E-state index in [1.54, 1.807) is 4.90 Å². The Labute approximate surface area is 128 Å². The first kappa shape index (κ1) is 15.3. The summed E-state index contributed by atoms with van der Waals surface area (Å²) in [6.45, 7) is 4.31. The lowest BCUT2D eigenvalue weighted by Gasteiger charge is -2.20. The monoisotopic (exact) mass is 299 g/mol. The molecule has 1 N–H and O–H groups in total. The van der Waals surface area contributed by atoms with Crippen LogP contribution in [0.3, 0.4) is 0 Å². The van der Waals surface area contributed by atoms with E-state index in [-0.39, 0.29) is 12.5 Å². The fraction of sp³-hybridized carbons (Fsp3) is 0.235. The number of hydrogen-bond acceptors (Lipinski definition) is 3. The van der Waals surface area contributed by atoms with E-state index in [1.807, 2.05) is 50.2 Å². The summed E-state index contributed by atoms with van der Waals surface area (Å²) >= 11 is 1.37. The Morgan fingerprint density at radius 3 is 2.67 bits per heavy atom. The Kier molecular flexibility index (Phi) is 5.15. The third kappa shape index (κ3) is 3.52. The van der Waals surface area contributed by atoms with Crippen LogP contribution in [-0.4, -0.2) is 24.2 Å². The van der Waals surface area contributed by atoms with Crippen molar-refractivity contribution in [3.05, 3.63) is 51.7 Å². The first-order chi connectivity index (χ1) is 10.2. The van der Waals surface area contributed by atoms with E-state index in [4.69, 9.17) is 5.11 Å². The number of carbonyl (C=O) groups excluding carboxylic acids is 1. The zero-order valence-electron chi connectivity index (χ0n) is 12.1. The molecule has 0 spiro atoms. The van der Waals surface area contributed by atoms with Crippen molar-refractivity contribution in [3.8, 4) is 11.8 Å². The summed E-state index contributed by atoms with van der Waals surface area (Å²) in [4.78, 5) is 15.9. The molecule has 2 aromatic rings. The van der Waals surface area contributed by atoms with Gasteiger partial charge in [-0.15, -0.1) is 11.3 Å². The van der Waals surface area contributed by atoms with Gasteiger partial charge in [0.25, 0.3) is 5.91 Å². The molecular weight excluding hydrogens is 282 g/mol. The maximum Gasteiger partial charge on any atom is 0.268 e. The Morgan fingerprint density at radius 2 is 2.05 bits per heavy atom. The van der Waals surface area contributed by atoms with Gasteiger partial charge in [-0.1, -0.05) is 30.0 Å². The fourth-order valence-electron chi connectivity index (χ4n) is 2.02. The van der Waals surface area contributed by atoms with E-state index < -0.39 is 0 Å². The van der Waals surface area contributed by atoms with Crippen LogP contribution in [0.1, 0.15) is 27.0 Å². The normalized spacial score (nSPS) is 9.86. The van der Waals surface area contributed by atoms with Crippen LogP contribution in [0.5, 0.6) is 0 Å². The first-order valence-electron chi connectivity index (χ1n) is 6.74. The second-order valence-corrected chi connectivity index (χ2v) is 5.52. The quantitative estimate of drug-likeness (QED) is 0.885. The molecule has 0 aliphatic heterocycles. The number of aliphatic hydroxyl groups excluding tert-OH is 1. The van der Waals surface area contributed by atoms with Gasteiger partial charge in [0.15, 0.2) is 0 Å². The van der Waals surface area contributed by atoms with Crippen LogP contribution >= 0.6 is 11.3 Å². The van der Waals surface area contributed by atoms with Crippen LogP contribution in [0.4, 0.5) is 5.69 Å². The van der Waals surface area contributed by atoms with Gasteiger partial charge in [-0.2, -0.15) is 0 Å². The summed E-state index contributed by atoms with van der Waals surface area (Å²) in [7, 11) is 0. The maximum atomic E-state index is 12.7. The average Bonchev–Trinajstić information content (AvgIpc) is 2.88. The van der Waals surface area contributed by atoms with Crippen molar-refractivity contribution in [2.24, 2.45) is 0 Å². The molecule has 0 saturated carbocycles. The summed E-state index contributed by atoms with van der Waals surface area (Å²) in [5.41, 5.74) is 1.85. The summed E-state index contributed by atoms with van der Waals surface area (Å²) < 4.78 is 0. The molecule has 0 atom stereocenters. The van der Waals surface area contributed by atoms with Crippen molar-refractivity contribution < 1.29 is 9.90 Å². The van der Waals surface area contributed by atoms with Gasteiger partial charge in [0.1, 0.15) is 6.61 Å². The smallest absolute Gasteiger partial charge is 0.268 e. The van der Waals surface area contributed by atoms with Crippen LogP contribution in [0.15, 0.2) is 36.4 Å². The number of hydrogen-bond donors (Lipinski definition) is 1. The van der Waals surface area contributed by atoms with E-state index in [9.17, 15) is 4.79 Å². The summed E-state index contributed by atoms with van der Waals surface area (Å²) in [5.74, 6) is 5.49. The molecule has 1 aromatic carbocycles. The number of carbonyl (C=O) groups is 1. The van der Waals surface area contributed by atoms with E-state index in [0.29, 0.717) is 11.4 Å². The lowest BCUT2D eigenvalue weighted by atomic mass is 10.2. The second kappa shape index (κ2) is 7.07. The van der Waals surface area contributed by atoms with E-state index in [0.717, 1.165) is 16.1 Å². The molecule has 0 aliphatic carbocycles. The molecule has 0 unspecified atom stereocenters. The minimum atomic E-state index is -0.175. The predicted octanol–water partition coefficient (Wildman–Crippen LogP) is 3.07. The molecular formula is C17H17NO2S. The number of aliphatic hydroxyl groups is 1. The molecule has 0 saturated heterocycles. The molecule has 2 rings (SSSR count). The molecule has 0 radical (unpaired) electrons. The lowest BCUT2D eigenvalue weighted by Crippen LogP contribution is -2.29. The number of anilines is 1. The maximum absolute atomic E-state index is 12.7. The van der Waals surface area contributed by atoms with Crippen LogP contribution in [0.25, 0.3) is 0 Å². The highest BCUT2D eigenvalue weighted by Gasteiger charge is 2.18. The van der Waals surface area contributed by atoms with E-state index in [2.05, 4.69) is 11.8 Å². The molecule has 21 heavy (non-hydrogen) atoms. The number of nitrogens with zero attached hydrogens (tertiary/aromatic N) is 1. The van der Waals surface area contributed by atoms with Crippen molar-refractivity contribution in [2.45, 2.75) is 13.8 Å². The third-order valence-corrected chi connectivity index (χ3v) is 4.18. The zero-order chi connectivity index (χ0) is 15.2. The van der Waals surface area contributed by atoms with Gasteiger partial charge in [0.2, 0.25) is 0 Å². The standard InChI is InChI=1S/C17H17NO2S/c1-3-18(14-8-5-4-6-9-14)17(20)16-12-13(2)15(21-16)10-7-11-19/h4-6,8-9,12,19H,3,11H2,1-2H3. The molecule has 0 aliphatic rings. The highest BCUT2D eigenvalue weighted by molar-refractivity contribution is 7.14. The SMILES string of the molecule is CCN(C(=O)c1cc(C)c(C#CCO)s1)c1ccccc1. The van der Waals surface area contributed by atoms with Crippen molar-refractivity contribution in [2.75, 3.05) is 18.1 Å². The minimum Gasteiger partial charge on any atom is -0.384 e. The zero-order valence-corrected chi connectivity index (χ0v) is 12.9. The molecule has 0 bridgehead atoms. The summed E-state index contributed by atoms with van der Waals surface area (Å²) in [6.07, 6.45) is 0. The molecule has 0 fully saturated rings. The minimum absolute atomic E-state index is 0.0196. The number of thiophene rings is 1. The Bertz CT molecular complexity index is 680. The van der Waals surface area contributed by atoms with Gasteiger partial charge in [0.05, 0.1) is 9.75 Å². The van der Waals surface area contributed by atoms with Crippen molar-refractivity contribution >= 4 is 22.9 Å². The highest BCUT2D eigenvalue weighted by Crippen LogP contribution is 2.24. The van der Waals surface area contributed by atoms with Gasteiger partial charge in [-0.05, 0) is 37.6 Å². The summed E-state index contributed by atoms with van der Waals surface area (Å²) in [5, 5.41) is 8.77. The summed E-state index contributed by atoms with van der Waals surface area (Å²) in [6, 6.07) is 11.5. The predicted molar refractivity (Wildman–Crippen MR) is 86.8 cm³/mol. The van der Waals surface area contributed by atoms with Gasteiger partial charge >= 0.3 is 0 Å². The molecule has 1 amide bonds. The van der Waals surface area contributed by atoms with Crippen LogP contribution in [0.2, 0.25) is 0 Å². The second-order valence-electron chi connectivity index (χ2n) is 4.47. The molecule has 108 valence electrons. The van der Waals surface area contributed by atoms with Crippen molar-refractivity contribution in [1.82, 2.24) is 0 Å². The number of aryl methyl sites for hydroxylation is 1. The number of rotatable bonds is 3. The lowest BCUT2D eigenvalue weighted by molar-refractivity contribution is 0.0992. The first-order valence-corrected chi connectivity index (χ1v) is 7.56. The Morgan fingerprint density at radius 1 is 1.33 bits per heavy atom. The number of amides is 1. The van der Waals surface area contributed by atoms with Gasteiger partial charge in [0, 0.05) is 12.2 Å². The Balaban J connectivity index is 2.30. The third-order valence-electron chi connectivity index (χ3n) is 3.04. The van der Waals surface area contributed by atoms with Gasteiger partial charge in [-0.3, -0.25) is 4.79 Å². The van der Waals surface area contributed by atoms with Gasteiger partial charge < -0.3 is 10.0 Å². The molecule has 4 heteroatoms. The van der Waals surface area contributed by atoms with Crippen LogP contribution in [-0.2, 0) is 0 Å². The molecule has 3 nitrogen and oxygen atoms in total. The highest BCUT2D eigenvalue weighted by atomic mass is 32.1. The fourth-order valence-corrected chi connectivity index (χ4v) is 3.01. The van der Waals surface area contributed by atoms with Gasteiger partial charge in [-0.25, -0.2) is 0 Å². The van der Waals surface area contributed by atoms with Crippen molar-refractivity contribution in [1.29, 1.82) is 0 Å². The van der Waals surface area contributed by atoms with E-state index >= 15 is 0 Å². The molecule has 1 heterocycles. The van der Waals surface area contributed by atoms with Crippen LogP contribution < -0.4 is 4.90 Å². The number of para-hydroxylation sites is 1. The largest absolute Gasteiger partial charge is 0.384 e. The van der Waals surface area contributed by atoms with Crippen LogP contribution in [0, 0.1) is 18.8 Å².